The SMILES string of the molecule is CN(C)Cc1cncc(NC(=O)C2=CCNc3ccc(-c4cncc(CN5CCOCC5)c4)cc32)c1. The Kier molecular flexibility index (Phi) is 7.36. The molecule has 0 spiro atoms. The molecule has 1 aromatic carbocycles. The van der Waals surface area contributed by atoms with E-state index in [2.05, 4.69) is 48.6 Å². The molecule has 2 aliphatic heterocycles. The minimum absolute atomic E-state index is 0.141. The second-order valence-corrected chi connectivity index (χ2v) is 9.50. The summed E-state index contributed by atoms with van der Waals surface area (Å²) in [4.78, 5) is 26.6. The van der Waals surface area contributed by atoms with Crippen LogP contribution in [0.1, 0.15) is 16.7 Å². The van der Waals surface area contributed by atoms with Gasteiger partial charge in [-0.05, 0) is 55.1 Å². The molecule has 0 bridgehead atoms. The third kappa shape index (κ3) is 5.79. The fraction of sp³-hybridized carbons (Fsp3) is 0.321. The highest BCUT2D eigenvalue weighted by atomic mass is 16.5. The molecule has 1 amide bonds. The first-order chi connectivity index (χ1) is 17.5. The summed E-state index contributed by atoms with van der Waals surface area (Å²) in [5.74, 6) is -0.141. The van der Waals surface area contributed by atoms with Gasteiger partial charge in [-0.1, -0.05) is 12.1 Å². The number of nitrogens with one attached hydrogen (secondary N) is 2. The maximum atomic E-state index is 13.3. The van der Waals surface area contributed by atoms with Gasteiger partial charge in [-0.15, -0.1) is 0 Å². The van der Waals surface area contributed by atoms with Crippen LogP contribution >= 0.6 is 0 Å². The zero-order chi connectivity index (χ0) is 24.9. The van der Waals surface area contributed by atoms with E-state index in [1.165, 1.54) is 5.56 Å². The number of amides is 1. The highest BCUT2D eigenvalue weighted by molar-refractivity contribution is 6.27. The largest absolute Gasteiger partial charge is 0.381 e. The summed E-state index contributed by atoms with van der Waals surface area (Å²) in [7, 11) is 4.01. The Balaban J connectivity index is 1.36. The normalized spacial score (nSPS) is 15.7. The van der Waals surface area contributed by atoms with E-state index in [1.807, 2.05) is 50.9 Å². The van der Waals surface area contributed by atoms with Gasteiger partial charge in [0.1, 0.15) is 0 Å². The Hall–Kier alpha value is -3.59. The average molecular weight is 485 g/mol. The van der Waals surface area contributed by atoms with Gasteiger partial charge in [-0.3, -0.25) is 19.7 Å². The zero-order valence-electron chi connectivity index (χ0n) is 20.8. The van der Waals surface area contributed by atoms with Gasteiger partial charge in [-0.2, -0.15) is 0 Å². The smallest absolute Gasteiger partial charge is 0.256 e. The number of pyridine rings is 2. The summed E-state index contributed by atoms with van der Waals surface area (Å²) >= 11 is 0. The van der Waals surface area contributed by atoms with Gasteiger partial charge >= 0.3 is 0 Å². The Morgan fingerprint density at radius 1 is 1.03 bits per heavy atom. The molecule has 0 unspecified atom stereocenters. The van der Waals surface area contributed by atoms with E-state index in [0.717, 1.165) is 67.3 Å². The number of ether oxygens (including phenoxy) is 1. The fourth-order valence-corrected chi connectivity index (χ4v) is 4.64. The van der Waals surface area contributed by atoms with Crippen molar-refractivity contribution in [3.05, 3.63) is 77.9 Å². The molecule has 2 aliphatic rings. The van der Waals surface area contributed by atoms with Crippen molar-refractivity contribution in [2.45, 2.75) is 13.1 Å². The van der Waals surface area contributed by atoms with Crippen molar-refractivity contribution in [2.75, 3.05) is 57.6 Å². The minimum atomic E-state index is -0.141. The lowest BCUT2D eigenvalue weighted by atomic mass is 9.94. The third-order valence-electron chi connectivity index (χ3n) is 6.34. The van der Waals surface area contributed by atoms with Crippen LogP contribution in [0.3, 0.4) is 0 Å². The first-order valence-electron chi connectivity index (χ1n) is 12.3. The van der Waals surface area contributed by atoms with Gasteiger partial charge in [0.2, 0.25) is 0 Å². The number of carbonyl (C=O) groups is 1. The molecule has 2 N–H and O–H groups in total. The Morgan fingerprint density at radius 2 is 1.83 bits per heavy atom. The van der Waals surface area contributed by atoms with Crippen molar-refractivity contribution in [3.8, 4) is 11.1 Å². The molecular formula is C28H32N6O2. The molecule has 1 saturated heterocycles. The molecule has 186 valence electrons. The summed E-state index contributed by atoms with van der Waals surface area (Å²) in [6.07, 6.45) is 9.25. The molecule has 8 nitrogen and oxygen atoms in total. The molecule has 0 radical (unpaired) electrons. The van der Waals surface area contributed by atoms with E-state index in [1.54, 1.807) is 6.20 Å². The summed E-state index contributed by atoms with van der Waals surface area (Å²) in [5, 5.41) is 6.41. The van der Waals surface area contributed by atoms with Crippen LogP contribution in [0, 0.1) is 0 Å². The van der Waals surface area contributed by atoms with Crippen LogP contribution in [0.15, 0.2) is 61.2 Å². The lowest BCUT2D eigenvalue weighted by Crippen LogP contribution is -2.35. The minimum Gasteiger partial charge on any atom is -0.381 e. The van der Waals surface area contributed by atoms with Crippen molar-refractivity contribution in [2.24, 2.45) is 0 Å². The van der Waals surface area contributed by atoms with Crippen LogP contribution in [0.2, 0.25) is 0 Å². The highest BCUT2D eigenvalue weighted by Gasteiger charge is 2.20. The van der Waals surface area contributed by atoms with Crippen molar-refractivity contribution in [1.82, 2.24) is 19.8 Å². The molecule has 8 heteroatoms. The molecule has 1 fully saturated rings. The van der Waals surface area contributed by atoms with Gasteiger partial charge < -0.3 is 20.3 Å². The number of aromatic nitrogens is 2. The number of anilines is 2. The number of carbonyl (C=O) groups excluding carboxylic acids is 1. The van der Waals surface area contributed by atoms with Crippen LogP contribution in [-0.4, -0.2) is 72.6 Å². The van der Waals surface area contributed by atoms with Crippen molar-refractivity contribution < 1.29 is 9.53 Å². The second kappa shape index (κ2) is 11.0. The average Bonchev–Trinajstić information content (AvgIpc) is 2.88. The maximum Gasteiger partial charge on any atom is 0.256 e. The predicted molar refractivity (Wildman–Crippen MR) is 142 cm³/mol. The first kappa shape index (κ1) is 24.1. The molecule has 3 aromatic rings. The first-order valence-corrected chi connectivity index (χ1v) is 12.3. The van der Waals surface area contributed by atoms with Crippen LogP contribution in [0.4, 0.5) is 11.4 Å². The molecule has 4 heterocycles. The van der Waals surface area contributed by atoms with Crippen LogP contribution in [0.5, 0.6) is 0 Å². The van der Waals surface area contributed by atoms with E-state index in [-0.39, 0.29) is 5.91 Å². The van der Waals surface area contributed by atoms with Gasteiger partial charge in [0.05, 0.1) is 25.1 Å². The summed E-state index contributed by atoms with van der Waals surface area (Å²) in [5.41, 5.74) is 7.46. The molecule has 2 aromatic heterocycles. The van der Waals surface area contributed by atoms with Crippen molar-refractivity contribution in [1.29, 1.82) is 0 Å². The van der Waals surface area contributed by atoms with Gasteiger partial charge in [0.25, 0.3) is 5.91 Å². The number of nitrogens with zero attached hydrogens (tertiary/aromatic N) is 4. The topological polar surface area (TPSA) is 82.6 Å². The van der Waals surface area contributed by atoms with Crippen LogP contribution in [0.25, 0.3) is 16.7 Å². The van der Waals surface area contributed by atoms with Gasteiger partial charge in [-0.25, -0.2) is 0 Å². The molecule has 0 saturated carbocycles. The van der Waals surface area contributed by atoms with E-state index in [0.29, 0.717) is 17.8 Å². The molecule has 5 rings (SSSR count). The predicted octanol–water partition coefficient (Wildman–Crippen LogP) is 3.49. The number of benzene rings is 1. The highest BCUT2D eigenvalue weighted by Crippen LogP contribution is 2.33. The lowest BCUT2D eigenvalue weighted by molar-refractivity contribution is -0.111. The monoisotopic (exact) mass is 484 g/mol. The zero-order valence-corrected chi connectivity index (χ0v) is 20.8. The number of hydrogen-bond donors (Lipinski definition) is 2. The summed E-state index contributed by atoms with van der Waals surface area (Å²) < 4.78 is 5.46. The third-order valence-corrected chi connectivity index (χ3v) is 6.34. The standard InChI is InChI=1S/C28H32N6O2/c1-33(2)18-21-12-24(17-30-15-21)32-28(35)25-5-6-31-27-4-3-22(13-26(25)27)23-11-20(14-29-16-23)19-34-7-9-36-10-8-34/h3-5,11-17,31H,6-10,18-19H2,1-2H3,(H,32,35). The Morgan fingerprint density at radius 3 is 2.67 bits per heavy atom. The van der Waals surface area contributed by atoms with Crippen molar-refractivity contribution >= 4 is 22.9 Å². The van der Waals surface area contributed by atoms with E-state index >= 15 is 0 Å². The van der Waals surface area contributed by atoms with E-state index in [4.69, 9.17) is 4.74 Å². The molecule has 0 aliphatic carbocycles. The van der Waals surface area contributed by atoms with Gasteiger partial charge in [0.15, 0.2) is 0 Å². The Labute approximate surface area is 212 Å². The summed E-state index contributed by atoms with van der Waals surface area (Å²) in [6.45, 7) is 5.64. The van der Waals surface area contributed by atoms with Crippen LogP contribution < -0.4 is 10.6 Å². The van der Waals surface area contributed by atoms with E-state index < -0.39 is 0 Å². The number of hydrogen-bond acceptors (Lipinski definition) is 7. The molecule has 36 heavy (non-hydrogen) atoms. The second-order valence-electron chi connectivity index (χ2n) is 9.50. The number of morpholine rings is 1. The van der Waals surface area contributed by atoms with Crippen molar-refractivity contribution in [3.63, 3.8) is 0 Å². The molecular weight excluding hydrogens is 452 g/mol. The number of rotatable bonds is 7. The summed E-state index contributed by atoms with van der Waals surface area (Å²) in [6, 6.07) is 10.3. The Bertz CT molecular complexity index is 1270. The van der Waals surface area contributed by atoms with Crippen LogP contribution in [-0.2, 0) is 22.6 Å². The fourth-order valence-electron chi connectivity index (χ4n) is 4.64. The van der Waals surface area contributed by atoms with Gasteiger partial charge in [0, 0.05) is 73.7 Å². The maximum absolute atomic E-state index is 13.3. The number of fused-ring (bicyclic) bond motifs is 1. The molecule has 0 atom stereocenters. The van der Waals surface area contributed by atoms with E-state index in [9.17, 15) is 4.79 Å². The quantitative estimate of drug-likeness (QED) is 0.531. The lowest BCUT2D eigenvalue weighted by Gasteiger charge is -2.26.